The Labute approximate surface area is 132 Å². The number of nitrogens with one attached hydrogen (secondary N) is 2. The molecule has 0 radical (unpaired) electrons. The van der Waals surface area contributed by atoms with Crippen LogP contribution in [0.3, 0.4) is 0 Å². The molecule has 1 aliphatic heterocycles. The first-order valence-electron chi connectivity index (χ1n) is 6.45. The van der Waals surface area contributed by atoms with Crippen LogP contribution in [0.1, 0.15) is 0 Å². The van der Waals surface area contributed by atoms with Gasteiger partial charge in [-0.05, 0) is 25.2 Å². The molecule has 0 spiro atoms. The molecule has 1 fully saturated rings. The molecule has 2 rings (SSSR count). The molecule has 0 bridgehead atoms. The van der Waals surface area contributed by atoms with Crippen molar-refractivity contribution in [1.29, 1.82) is 0 Å². The summed E-state index contributed by atoms with van der Waals surface area (Å²) in [5.41, 5.74) is 2.96. The van der Waals surface area contributed by atoms with Gasteiger partial charge in [-0.2, -0.15) is 0 Å². The van der Waals surface area contributed by atoms with Crippen molar-refractivity contribution in [3.05, 3.63) is 28.2 Å². The van der Waals surface area contributed by atoms with E-state index >= 15 is 0 Å². The van der Waals surface area contributed by atoms with Gasteiger partial charge in [0.2, 0.25) is 0 Å². The zero-order valence-corrected chi connectivity index (χ0v) is 13.0. The van der Waals surface area contributed by atoms with E-state index in [0.717, 1.165) is 13.1 Å². The number of likely N-dealkylation sites (N-methyl/N-ethyl adjacent to an activating group) is 1. The largest absolute Gasteiger partial charge is 0.323 e. The number of hydrogen-bond acceptors (Lipinski definition) is 4. The van der Waals surface area contributed by atoms with Crippen LogP contribution >= 0.6 is 23.2 Å². The highest BCUT2D eigenvalue weighted by Crippen LogP contribution is 2.22. The van der Waals surface area contributed by atoms with E-state index in [1.54, 1.807) is 11.1 Å². The van der Waals surface area contributed by atoms with Gasteiger partial charge in [-0.25, -0.2) is 5.01 Å². The van der Waals surface area contributed by atoms with Gasteiger partial charge in [0.1, 0.15) is 0 Å². The Balaban J connectivity index is 1.89. The fourth-order valence-corrected chi connectivity index (χ4v) is 2.45. The van der Waals surface area contributed by atoms with Crippen LogP contribution in [-0.2, 0) is 9.59 Å². The van der Waals surface area contributed by atoms with Crippen LogP contribution in [0.15, 0.2) is 18.2 Å². The van der Waals surface area contributed by atoms with Crippen LogP contribution in [-0.4, -0.2) is 54.9 Å². The molecule has 1 aromatic rings. The maximum absolute atomic E-state index is 11.8. The third-order valence-electron chi connectivity index (χ3n) is 3.09. The summed E-state index contributed by atoms with van der Waals surface area (Å²) in [5.74, 6) is -1.47. The van der Waals surface area contributed by atoms with Crippen LogP contribution in [0.2, 0.25) is 10.0 Å². The van der Waals surface area contributed by atoms with Crippen molar-refractivity contribution in [3.63, 3.8) is 0 Å². The number of piperazine rings is 1. The lowest BCUT2D eigenvalue weighted by Gasteiger charge is -2.32. The van der Waals surface area contributed by atoms with E-state index < -0.39 is 11.8 Å². The van der Waals surface area contributed by atoms with Gasteiger partial charge in [0.25, 0.3) is 0 Å². The molecule has 1 heterocycles. The van der Waals surface area contributed by atoms with Crippen LogP contribution in [0.25, 0.3) is 0 Å². The summed E-state index contributed by atoms with van der Waals surface area (Å²) in [5, 5.41) is 4.97. The van der Waals surface area contributed by atoms with Crippen LogP contribution in [0, 0.1) is 0 Å². The smallest absolute Gasteiger partial charge is 0.318 e. The number of anilines is 1. The number of benzene rings is 1. The summed E-state index contributed by atoms with van der Waals surface area (Å²) >= 11 is 11.7. The monoisotopic (exact) mass is 330 g/mol. The van der Waals surface area contributed by atoms with Crippen molar-refractivity contribution in [3.8, 4) is 0 Å². The van der Waals surface area contributed by atoms with Crippen molar-refractivity contribution in [2.75, 3.05) is 38.5 Å². The van der Waals surface area contributed by atoms with Crippen LogP contribution in [0.5, 0.6) is 0 Å². The number of amides is 2. The van der Waals surface area contributed by atoms with Crippen molar-refractivity contribution in [2.24, 2.45) is 0 Å². The predicted octanol–water partition coefficient (Wildman–Crippen LogP) is 1.21. The molecule has 1 aliphatic rings. The Morgan fingerprint density at radius 3 is 2.14 bits per heavy atom. The molecule has 114 valence electrons. The minimum Gasteiger partial charge on any atom is -0.318 e. The number of halogens is 2. The molecular formula is C13H16Cl2N4O2. The lowest BCUT2D eigenvalue weighted by atomic mass is 10.3. The van der Waals surface area contributed by atoms with Crippen molar-refractivity contribution in [2.45, 2.75) is 0 Å². The fraction of sp³-hybridized carbons (Fsp3) is 0.385. The molecule has 21 heavy (non-hydrogen) atoms. The second-order valence-electron chi connectivity index (χ2n) is 4.84. The van der Waals surface area contributed by atoms with E-state index in [4.69, 9.17) is 23.2 Å². The number of hydrogen-bond donors (Lipinski definition) is 2. The Morgan fingerprint density at radius 1 is 1.00 bits per heavy atom. The second-order valence-corrected chi connectivity index (χ2v) is 5.72. The first-order valence-corrected chi connectivity index (χ1v) is 7.21. The normalized spacial score (nSPS) is 16.5. The number of carbonyl (C=O) groups excluding carboxylic acids is 2. The summed E-state index contributed by atoms with van der Waals surface area (Å²) in [6.07, 6.45) is 0. The summed E-state index contributed by atoms with van der Waals surface area (Å²) in [6.45, 7) is 3.04. The standard InChI is InChI=1S/C13H16Cl2N4O2/c1-18-2-4-19(5-3-18)17-13(21)12(20)16-11-7-9(14)6-10(15)8-11/h6-8H,2-5H2,1H3,(H,16,20)(H,17,21). The maximum Gasteiger partial charge on any atom is 0.323 e. The van der Waals surface area contributed by atoms with E-state index in [1.807, 2.05) is 7.05 Å². The molecule has 0 unspecified atom stereocenters. The van der Waals surface area contributed by atoms with Gasteiger partial charge < -0.3 is 10.2 Å². The van der Waals surface area contributed by atoms with Gasteiger partial charge in [0.15, 0.2) is 0 Å². The average molecular weight is 331 g/mol. The molecule has 8 heteroatoms. The van der Waals surface area contributed by atoms with Gasteiger partial charge in [-0.15, -0.1) is 0 Å². The number of carbonyl (C=O) groups is 2. The second kappa shape index (κ2) is 7.09. The van der Waals surface area contributed by atoms with E-state index in [0.29, 0.717) is 28.8 Å². The lowest BCUT2D eigenvalue weighted by molar-refractivity contribution is -0.139. The quantitative estimate of drug-likeness (QED) is 0.800. The molecule has 6 nitrogen and oxygen atoms in total. The molecule has 2 amide bonds. The van der Waals surface area contributed by atoms with Crippen molar-refractivity contribution < 1.29 is 9.59 Å². The molecule has 0 aliphatic carbocycles. The molecule has 2 N–H and O–H groups in total. The van der Waals surface area contributed by atoms with Crippen LogP contribution in [0.4, 0.5) is 5.69 Å². The topological polar surface area (TPSA) is 64.7 Å². The highest BCUT2D eigenvalue weighted by molar-refractivity contribution is 6.40. The highest BCUT2D eigenvalue weighted by Gasteiger charge is 2.20. The number of nitrogens with zero attached hydrogens (tertiary/aromatic N) is 2. The summed E-state index contributed by atoms with van der Waals surface area (Å²) in [4.78, 5) is 25.8. The summed E-state index contributed by atoms with van der Waals surface area (Å²) in [7, 11) is 2.01. The number of rotatable bonds is 2. The van der Waals surface area contributed by atoms with Crippen LogP contribution < -0.4 is 10.7 Å². The Bertz CT molecular complexity index is 525. The molecule has 1 saturated heterocycles. The summed E-state index contributed by atoms with van der Waals surface area (Å²) < 4.78 is 0. The first kappa shape index (κ1) is 16.0. The molecule has 1 aromatic carbocycles. The SMILES string of the molecule is CN1CCN(NC(=O)C(=O)Nc2cc(Cl)cc(Cl)c2)CC1. The molecular weight excluding hydrogens is 315 g/mol. The van der Waals surface area contributed by atoms with E-state index in [-0.39, 0.29) is 0 Å². The first-order chi connectivity index (χ1) is 9.94. The average Bonchev–Trinajstić information content (AvgIpc) is 2.40. The minimum atomic E-state index is -0.757. The zero-order chi connectivity index (χ0) is 15.4. The summed E-state index contributed by atoms with van der Waals surface area (Å²) in [6, 6.07) is 4.59. The zero-order valence-electron chi connectivity index (χ0n) is 11.5. The predicted molar refractivity (Wildman–Crippen MR) is 82.3 cm³/mol. The van der Waals surface area contributed by atoms with Gasteiger partial charge in [0, 0.05) is 41.9 Å². The Hall–Kier alpha value is -1.34. The molecule has 0 aromatic heterocycles. The number of hydrazine groups is 1. The van der Waals surface area contributed by atoms with Crippen molar-refractivity contribution >= 4 is 40.7 Å². The third-order valence-corrected chi connectivity index (χ3v) is 3.53. The minimum absolute atomic E-state index is 0.381. The van der Waals surface area contributed by atoms with Gasteiger partial charge >= 0.3 is 11.8 Å². The van der Waals surface area contributed by atoms with Gasteiger partial charge in [0.05, 0.1) is 0 Å². The third kappa shape index (κ3) is 4.86. The van der Waals surface area contributed by atoms with E-state index in [9.17, 15) is 9.59 Å². The highest BCUT2D eigenvalue weighted by atomic mass is 35.5. The van der Waals surface area contributed by atoms with Crippen molar-refractivity contribution in [1.82, 2.24) is 15.3 Å². The fourth-order valence-electron chi connectivity index (χ4n) is 1.93. The van der Waals surface area contributed by atoms with Gasteiger partial charge in [-0.1, -0.05) is 23.2 Å². The van der Waals surface area contributed by atoms with Gasteiger partial charge in [-0.3, -0.25) is 15.0 Å². The van der Waals surface area contributed by atoms with E-state index in [1.165, 1.54) is 12.1 Å². The molecule has 0 atom stereocenters. The lowest BCUT2D eigenvalue weighted by Crippen LogP contribution is -2.54. The maximum atomic E-state index is 11.8. The Kier molecular flexibility index (Phi) is 5.41. The van der Waals surface area contributed by atoms with E-state index in [2.05, 4.69) is 15.6 Å². The Morgan fingerprint density at radius 2 is 1.57 bits per heavy atom. The molecule has 0 saturated carbocycles.